The molecule has 1 aliphatic carbocycles. The standard InChI is InChI=1S/C11H21NO/c1-3-8(2)11(13)9-4-6-10(12)7-5-9/h8-10H,3-7,12H2,1-2H3. The molecule has 2 nitrogen and oxygen atoms in total. The van der Waals surface area contributed by atoms with Crippen LogP contribution in [0.5, 0.6) is 0 Å². The van der Waals surface area contributed by atoms with Crippen LogP contribution in [0.4, 0.5) is 0 Å². The predicted molar refractivity (Wildman–Crippen MR) is 54.4 cm³/mol. The summed E-state index contributed by atoms with van der Waals surface area (Å²) in [4.78, 5) is 11.8. The van der Waals surface area contributed by atoms with Crippen molar-refractivity contribution in [3.05, 3.63) is 0 Å². The summed E-state index contributed by atoms with van der Waals surface area (Å²) < 4.78 is 0. The highest BCUT2D eigenvalue weighted by Crippen LogP contribution is 2.26. The van der Waals surface area contributed by atoms with Crippen LogP contribution < -0.4 is 5.73 Å². The Morgan fingerprint density at radius 1 is 1.38 bits per heavy atom. The van der Waals surface area contributed by atoms with Crippen molar-refractivity contribution in [2.45, 2.75) is 52.0 Å². The Morgan fingerprint density at radius 2 is 1.92 bits per heavy atom. The lowest BCUT2D eigenvalue weighted by Crippen LogP contribution is -2.31. The van der Waals surface area contributed by atoms with Crippen LogP contribution in [0.15, 0.2) is 0 Å². The van der Waals surface area contributed by atoms with Crippen LogP contribution in [0.2, 0.25) is 0 Å². The molecule has 76 valence electrons. The van der Waals surface area contributed by atoms with Gasteiger partial charge < -0.3 is 5.73 Å². The number of rotatable bonds is 3. The van der Waals surface area contributed by atoms with Crippen LogP contribution in [0, 0.1) is 11.8 Å². The first-order valence-corrected chi connectivity index (χ1v) is 5.44. The maximum atomic E-state index is 11.8. The maximum Gasteiger partial charge on any atom is 0.138 e. The van der Waals surface area contributed by atoms with Gasteiger partial charge in [-0.05, 0) is 32.1 Å². The summed E-state index contributed by atoms with van der Waals surface area (Å²) in [5.41, 5.74) is 5.79. The van der Waals surface area contributed by atoms with Crippen LogP contribution in [-0.4, -0.2) is 11.8 Å². The summed E-state index contributed by atoms with van der Waals surface area (Å²) in [5, 5.41) is 0. The van der Waals surface area contributed by atoms with Crippen LogP contribution in [0.25, 0.3) is 0 Å². The van der Waals surface area contributed by atoms with Gasteiger partial charge >= 0.3 is 0 Å². The average Bonchev–Trinajstić information content (AvgIpc) is 2.17. The molecule has 0 saturated heterocycles. The maximum absolute atomic E-state index is 11.8. The van der Waals surface area contributed by atoms with Gasteiger partial charge in [-0.25, -0.2) is 0 Å². The van der Waals surface area contributed by atoms with Crippen LogP contribution in [0.1, 0.15) is 46.0 Å². The second kappa shape index (κ2) is 4.75. The molecule has 0 aromatic carbocycles. The molecule has 0 aromatic heterocycles. The highest BCUT2D eigenvalue weighted by Gasteiger charge is 2.26. The van der Waals surface area contributed by atoms with Crippen molar-refractivity contribution in [3.8, 4) is 0 Å². The Bertz CT molecular complexity index is 171. The lowest BCUT2D eigenvalue weighted by atomic mass is 9.80. The fourth-order valence-corrected chi connectivity index (χ4v) is 2.01. The molecule has 2 heteroatoms. The van der Waals surface area contributed by atoms with E-state index >= 15 is 0 Å². The molecule has 0 radical (unpaired) electrons. The van der Waals surface area contributed by atoms with Crippen molar-refractivity contribution in [3.63, 3.8) is 0 Å². The third kappa shape index (κ3) is 2.80. The largest absolute Gasteiger partial charge is 0.328 e. The van der Waals surface area contributed by atoms with Gasteiger partial charge in [0.05, 0.1) is 0 Å². The van der Waals surface area contributed by atoms with E-state index in [2.05, 4.69) is 6.92 Å². The fraction of sp³-hybridized carbons (Fsp3) is 0.909. The zero-order valence-corrected chi connectivity index (χ0v) is 8.75. The highest BCUT2D eigenvalue weighted by atomic mass is 16.1. The Hall–Kier alpha value is -0.370. The number of nitrogens with two attached hydrogens (primary N) is 1. The number of carbonyl (C=O) groups excluding carboxylic acids is 1. The van der Waals surface area contributed by atoms with Crippen molar-refractivity contribution >= 4 is 5.78 Å². The van der Waals surface area contributed by atoms with Crippen molar-refractivity contribution < 1.29 is 4.79 Å². The molecular formula is C11H21NO. The van der Waals surface area contributed by atoms with E-state index in [-0.39, 0.29) is 5.92 Å². The minimum Gasteiger partial charge on any atom is -0.328 e. The first kappa shape index (κ1) is 10.7. The van der Waals surface area contributed by atoms with Gasteiger partial charge in [0.2, 0.25) is 0 Å². The molecule has 2 N–H and O–H groups in total. The van der Waals surface area contributed by atoms with Crippen LogP contribution >= 0.6 is 0 Å². The molecule has 1 rings (SSSR count). The molecule has 1 saturated carbocycles. The van der Waals surface area contributed by atoms with Gasteiger partial charge in [-0.2, -0.15) is 0 Å². The molecule has 1 fully saturated rings. The van der Waals surface area contributed by atoms with Gasteiger partial charge in [0.15, 0.2) is 0 Å². The number of hydrogen-bond acceptors (Lipinski definition) is 2. The summed E-state index contributed by atoms with van der Waals surface area (Å²) in [7, 11) is 0. The summed E-state index contributed by atoms with van der Waals surface area (Å²) in [6.45, 7) is 4.12. The van der Waals surface area contributed by atoms with E-state index in [0.29, 0.717) is 17.7 Å². The fourth-order valence-electron chi connectivity index (χ4n) is 2.01. The number of carbonyl (C=O) groups is 1. The lowest BCUT2D eigenvalue weighted by molar-refractivity contribution is -0.127. The first-order valence-electron chi connectivity index (χ1n) is 5.44. The van der Waals surface area contributed by atoms with E-state index in [1.54, 1.807) is 0 Å². The third-order valence-corrected chi connectivity index (χ3v) is 3.27. The van der Waals surface area contributed by atoms with Gasteiger partial charge in [-0.3, -0.25) is 4.79 Å². The molecule has 0 heterocycles. The molecule has 13 heavy (non-hydrogen) atoms. The van der Waals surface area contributed by atoms with Crippen LogP contribution in [0.3, 0.4) is 0 Å². The molecule has 0 aliphatic heterocycles. The molecule has 1 aliphatic rings. The van der Waals surface area contributed by atoms with Crippen molar-refractivity contribution in [1.82, 2.24) is 0 Å². The molecule has 0 aromatic rings. The van der Waals surface area contributed by atoms with E-state index in [9.17, 15) is 4.79 Å². The summed E-state index contributed by atoms with van der Waals surface area (Å²) in [5.74, 6) is 1.03. The Morgan fingerprint density at radius 3 is 2.38 bits per heavy atom. The lowest BCUT2D eigenvalue weighted by Gasteiger charge is -2.26. The Labute approximate surface area is 80.9 Å². The minimum absolute atomic E-state index is 0.249. The van der Waals surface area contributed by atoms with Crippen molar-refractivity contribution in [2.24, 2.45) is 17.6 Å². The average molecular weight is 183 g/mol. The Kier molecular flexibility index (Phi) is 3.91. The predicted octanol–water partition coefficient (Wildman–Crippen LogP) is 2.12. The van der Waals surface area contributed by atoms with Crippen molar-refractivity contribution in [2.75, 3.05) is 0 Å². The molecule has 0 spiro atoms. The third-order valence-electron chi connectivity index (χ3n) is 3.27. The quantitative estimate of drug-likeness (QED) is 0.728. The van der Waals surface area contributed by atoms with Gasteiger partial charge in [0.25, 0.3) is 0 Å². The zero-order chi connectivity index (χ0) is 9.84. The molecule has 1 unspecified atom stereocenters. The van der Waals surface area contributed by atoms with E-state index in [1.165, 1.54) is 0 Å². The zero-order valence-electron chi connectivity index (χ0n) is 8.75. The van der Waals surface area contributed by atoms with Gasteiger partial charge in [-0.1, -0.05) is 13.8 Å². The number of Topliss-reactive ketones (excluding diaryl/α,β-unsaturated/α-hetero) is 1. The van der Waals surface area contributed by atoms with Gasteiger partial charge in [0, 0.05) is 17.9 Å². The molecule has 1 atom stereocenters. The van der Waals surface area contributed by atoms with Gasteiger partial charge in [-0.15, -0.1) is 0 Å². The van der Waals surface area contributed by atoms with E-state index in [4.69, 9.17) is 5.73 Å². The SMILES string of the molecule is CCC(C)C(=O)C1CCC(N)CC1. The molecule has 0 bridgehead atoms. The van der Waals surface area contributed by atoms with E-state index in [0.717, 1.165) is 32.1 Å². The van der Waals surface area contributed by atoms with E-state index in [1.807, 2.05) is 6.92 Å². The molecule has 0 amide bonds. The summed E-state index contributed by atoms with van der Waals surface area (Å²) in [6, 6.07) is 0.348. The second-order valence-electron chi connectivity index (χ2n) is 4.32. The number of ketones is 1. The monoisotopic (exact) mass is 183 g/mol. The normalized spacial score (nSPS) is 31.3. The topological polar surface area (TPSA) is 43.1 Å². The molecular weight excluding hydrogens is 162 g/mol. The summed E-state index contributed by atoms with van der Waals surface area (Å²) in [6.07, 6.45) is 5.08. The Balaban J connectivity index is 2.40. The smallest absolute Gasteiger partial charge is 0.138 e. The number of hydrogen-bond donors (Lipinski definition) is 1. The van der Waals surface area contributed by atoms with E-state index < -0.39 is 0 Å². The highest BCUT2D eigenvalue weighted by molar-refractivity contribution is 5.83. The van der Waals surface area contributed by atoms with Gasteiger partial charge in [0.1, 0.15) is 5.78 Å². The second-order valence-corrected chi connectivity index (χ2v) is 4.32. The van der Waals surface area contributed by atoms with Crippen LogP contribution in [-0.2, 0) is 4.79 Å². The minimum atomic E-state index is 0.249. The summed E-state index contributed by atoms with van der Waals surface area (Å²) >= 11 is 0. The van der Waals surface area contributed by atoms with Crippen molar-refractivity contribution in [1.29, 1.82) is 0 Å². The first-order chi connectivity index (χ1) is 6.15.